The van der Waals surface area contributed by atoms with E-state index in [1.807, 2.05) is 0 Å². The maximum absolute atomic E-state index is 11.4. The Hall–Kier alpha value is 0.619. The van der Waals surface area contributed by atoms with Gasteiger partial charge < -0.3 is 0 Å². The van der Waals surface area contributed by atoms with Gasteiger partial charge in [0.15, 0.2) is 0 Å². The van der Waals surface area contributed by atoms with Crippen LogP contribution >= 0.6 is 11.8 Å². The van der Waals surface area contributed by atoms with E-state index in [1.165, 1.54) is 23.0 Å². The Morgan fingerprint density at radius 3 is 2.75 bits per heavy atom. The first-order valence-corrected chi connectivity index (χ1v) is 12.1. The van der Waals surface area contributed by atoms with E-state index in [9.17, 15) is 4.79 Å². The third-order valence-electron chi connectivity index (χ3n) is 2.49. The van der Waals surface area contributed by atoms with Gasteiger partial charge in [-0.1, -0.05) is 0 Å². The molecular formula is C12H24O2SSn+2. The third kappa shape index (κ3) is 9.82. The first-order valence-electron chi connectivity index (χ1n) is 6.12. The molecule has 92 valence electrons. The molecule has 0 aliphatic rings. The van der Waals surface area contributed by atoms with Crippen LogP contribution in [0.5, 0.6) is 0 Å². The zero-order valence-electron chi connectivity index (χ0n) is 10.8. The van der Waals surface area contributed by atoms with Crippen molar-refractivity contribution in [3.05, 3.63) is 0 Å². The van der Waals surface area contributed by atoms with Crippen molar-refractivity contribution in [2.45, 2.75) is 44.5 Å². The van der Waals surface area contributed by atoms with Crippen LogP contribution in [0.3, 0.4) is 0 Å². The van der Waals surface area contributed by atoms with Gasteiger partial charge in [-0.2, -0.15) is 0 Å². The van der Waals surface area contributed by atoms with Gasteiger partial charge >= 0.3 is 115 Å². The van der Waals surface area contributed by atoms with Gasteiger partial charge in [-0.3, -0.25) is 0 Å². The number of unbranched alkanes of at least 4 members (excludes halogenated alkanes) is 1. The summed E-state index contributed by atoms with van der Waals surface area (Å²) in [6, 6.07) is 0. The standard InChI is InChI=1S/C11H21O2S.CH3.Sn/c1-4-6-7-10(5-2)8-13-11(12)9-14-3;;/h10H,3-9H2,1-2H3;1H3;/q;;+2. The second kappa shape index (κ2) is 12.1. The van der Waals surface area contributed by atoms with Crippen LogP contribution in [0, 0.1) is 5.92 Å². The topological polar surface area (TPSA) is 26.3 Å². The molecule has 0 saturated heterocycles. The second-order valence-electron chi connectivity index (χ2n) is 3.95. The Bertz CT molecular complexity index is 176. The van der Waals surface area contributed by atoms with E-state index in [0.29, 0.717) is 18.3 Å². The van der Waals surface area contributed by atoms with E-state index in [-0.39, 0.29) is 27.1 Å². The summed E-state index contributed by atoms with van der Waals surface area (Å²) in [6.07, 6.45) is 4.77. The Labute approximate surface area is 114 Å². The molecule has 0 aliphatic heterocycles. The van der Waals surface area contributed by atoms with Crippen LogP contribution < -0.4 is 0 Å². The van der Waals surface area contributed by atoms with Crippen molar-refractivity contribution < 1.29 is 9.53 Å². The summed E-state index contributed by atoms with van der Waals surface area (Å²) in [5.74, 6) is 1.10. The molecule has 0 aromatic rings. The number of ether oxygens (including phenoxy) is 1. The normalized spacial score (nSPS) is 11.9. The fraction of sp³-hybridized carbons (Fsp3) is 0.917. The summed E-state index contributed by atoms with van der Waals surface area (Å²) in [4.78, 5) is 13.7. The Balaban J connectivity index is 3.54. The van der Waals surface area contributed by atoms with Crippen molar-refractivity contribution >= 4 is 38.9 Å². The van der Waals surface area contributed by atoms with Crippen LogP contribution in [0.25, 0.3) is 0 Å². The maximum atomic E-state index is 11.4. The molecule has 0 rings (SSSR count). The molecule has 4 heteroatoms. The summed E-state index contributed by atoms with van der Waals surface area (Å²) < 4.78 is 6.51. The SMILES string of the molecule is CCCCC(CC)COC(=O)CS[CH2][Sn+2][CH3]. The minimum absolute atomic E-state index is 0.0206. The summed E-state index contributed by atoms with van der Waals surface area (Å²) in [7, 11) is 0. The fourth-order valence-electron chi connectivity index (χ4n) is 1.39. The Morgan fingerprint density at radius 2 is 2.19 bits per heavy atom. The molecule has 0 aliphatic carbocycles. The molecule has 0 saturated carbocycles. The van der Waals surface area contributed by atoms with E-state index >= 15 is 0 Å². The Kier molecular flexibility index (Phi) is 12.6. The molecule has 1 atom stereocenters. The number of esters is 1. The van der Waals surface area contributed by atoms with Crippen LogP contribution in [0.4, 0.5) is 0 Å². The molecular weight excluding hydrogens is 327 g/mol. The average Bonchev–Trinajstić information content (AvgIpc) is 2.30. The van der Waals surface area contributed by atoms with E-state index in [0.717, 1.165) is 6.42 Å². The van der Waals surface area contributed by atoms with Gasteiger partial charge in [-0.25, -0.2) is 0 Å². The van der Waals surface area contributed by atoms with E-state index in [4.69, 9.17) is 4.74 Å². The van der Waals surface area contributed by atoms with Gasteiger partial charge in [0.2, 0.25) is 0 Å². The molecule has 0 aromatic heterocycles. The van der Waals surface area contributed by atoms with E-state index in [2.05, 4.69) is 18.8 Å². The van der Waals surface area contributed by atoms with Crippen molar-refractivity contribution in [3.63, 3.8) is 0 Å². The molecule has 0 radical (unpaired) electrons. The van der Waals surface area contributed by atoms with Gasteiger partial charge in [0.1, 0.15) is 0 Å². The van der Waals surface area contributed by atoms with Gasteiger partial charge in [0.25, 0.3) is 0 Å². The molecule has 1 unspecified atom stereocenters. The predicted molar refractivity (Wildman–Crippen MR) is 73.2 cm³/mol. The van der Waals surface area contributed by atoms with Crippen LogP contribution in [0.1, 0.15) is 39.5 Å². The number of rotatable bonds is 10. The quantitative estimate of drug-likeness (QED) is 0.344. The zero-order chi connectivity index (χ0) is 12.2. The zero-order valence-corrected chi connectivity index (χ0v) is 14.4. The van der Waals surface area contributed by atoms with Crippen molar-refractivity contribution in [1.29, 1.82) is 0 Å². The predicted octanol–water partition coefficient (Wildman–Crippen LogP) is 3.19. The van der Waals surface area contributed by atoms with Crippen molar-refractivity contribution in [2.75, 3.05) is 16.1 Å². The third-order valence-corrected chi connectivity index (χ3v) is 7.64. The second-order valence-corrected chi connectivity index (χ2v) is 9.42. The summed E-state index contributed by atoms with van der Waals surface area (Å²) in [5.41, 5.74) is 0. The minimum atomic E-state index is -0.151. The molecule has 2 nitrogen and oxygen atoms in total. The van der Waals surface area contributed by atoms with Crippen molar-refractivity contribution in [1.82, 2.24) is 0 Å². The fourth-order valence-corrected chi connectivity index (χ4v) is 4.56. The Morgan fingerprint density at radius 1 is 1.44 bits per heavy atom. The summed E-state index contributed by atoms with van der Waals surface area (Å²) in [6.45, 7) is 5.00. The van der Waals surface area contributed by atoms with Gasteiger partial charge in [-0.05, 0) is 0 Å². The average molecular weight is 351 g/mol. The molecule has 0 fully saturated rings. The molecule has 16 heavy (non-hydrogen) atoms. The first kappa shape index (κ1) is 16.6. The first-order chi connectivity index (χ1) is 7.74. The molecule has 0 heterocycles. The van der Waals surface area contributed by atoms with Crippen LogP contribution in [0.2, 0.25) is 4.94 Å². The van der Waals surface area contributed by atoms with Crippen molar-refractivity contribution in [3.8, 4) is 0 Å². The van der Waals surface area contributed by atoms with Gasteiger partial charge in [0.05, 0.1) is 0 Å². The van der Waals surface area contributed by atoms with Crippen molar-refractivity contribution in [2.24, 2.45) is 5.92 Å². The van der Waals surface area contributed by atoms with E-state index in [1.54, 1.807) is 11.8 Å². The molecule has 0 bridgehead atoms. The number of carbonyl (C=O) groups is 1. The van der Waals surface area contributed by atoms with Gasteiger partial charge in [-0.15, -0.1) is 0 Å². The number of hydrogen-bond acceptors (Lipinski definition) is 3. The summed E-state index contributed by atoms with van der Waals surface area (Å²) >= 11 is 1.59. The van der Waals surface area contributed by atoms with Gasteiger partial charge in [0, 0.05) is 0 Å². The van der Waals surface area contributed by atoms with Crippen LogP contribution in [-0.2, 0) is 9.53 Å². The number of hydrogen-bond donors (Lipinski definition) is 0. The van der Waals surface area contributed by atoms with E-state index < -0.39 is 0 Å². The molecule has 0 spiro atoms. The molecule has 0 aromatic carbocycles. The van der Waals surface area contributed by atoms with Crippen LogP contribution in [-0.4, -0.2) is 43.2 Å². The monoisotopic (exact) mass is 352 g/mol. The molecule has 0 N–H and O–H groups in total. The summed E-state index contributed by atoms with van der Waals surface area (Å²) in [5, 5.41) is 0. The van der Waals surface area contributed by atoms with Crippen LogP contribution in [0.15, 0.2) is 0 Å². The number of carbonyl (C=O) groups excluding carboxylic acids is 1. The molecule has 0 amide bonds. The number of thioether (sulfide) groups is 1.